The maximum absolute atomic E-state index is 12.5. The van der Waals surface area contributed by atoms with Crippen LogP contribution >= 0.6 is 0 Å². The molecule has 7 heteroatoms. The summed E-state index contributed by atoms with van der Waals surface area (Å²) in [5.41, 5.74) is 3.27. The van der Waals surface area contributed by atoms with E-state index in [9.17, 15) is 13.2 Å². The predicted molar refractivity (Wildman–Crippen MR) is 130 cm³/mol. The van der Waals surface area contributed by atoms with Gasteiger partial charge in [0.1, 0.15) is 0 Å². The number of carbonyl (C=O) groups is 1. The third-order valence-electron chi connectivity index (χ3n) is 5.46. The summed E-state index contributed by atoms with van der Waals surface area (Å²) in [6, 6.07) is 15.0. The zero-order valence-corrected chi connectivity index (χ0v) is 20.8. The molecule has 0 aromatic heterocycles. The largest absolute Gasteiger partial charge is 0.352 e. The van der Waals surface area contributed by atoms with E-state index in [0.717, 1.165) is 30.8 Å². The number of hydrogen-bond acceptors (Lipinski definition) is 4. The van der Waals surface area contributed by atoms with Crippen molar-refractivity contribution < 1.29 is 13.2 Å². The molecule has 0 radical (unpaired) electrons. The van der Waals surface area contributed by atoms with E-state index >= 15 is 0 Å². The monoisotopic (exact) mass is 459 g/mol. The van der Waals surface area contributed by atoms with Gasteiger partial charge in [0.25, 0.3) is 0 Å². The minimum Gasteiger partial charge on any atom is -0.352 e. The number of rotatable bonds is 11. The summed E-state index contributed by atoms with van der Waals surface area (Å²) in [6.07, 6.45) is 0.0818. The van der Waals surface area contributed by atoms with E-state index in [2.05, 4.69) is 61.7 Å². The summed E-state index contributed by atoms with van der Waals surface area (Å²) >= 11 is 0. The van der Waals surface area contributed by atoms with Gasteiger partial charge in [-0.05, 0) is 47.3 Å². The third-order valence-corrected chi connectivity index (χ3v) is 6.93. The highest BCUT2D eigenvalue weighted by atomic mass is 32.2. The van der Waals surface area contributed by atoms with Crippen molar-refractivity contribution in [2.75, 3.05) is 19.6 Å². The van der Waals surface area contributed by atoms with Crippen molar-refractivity contribution in [3.63, 3.8) is 0 Å². The SMILES string of the molecule is CCN(CC)Cc1cccc(CNC(=O)CCNS(=O)(=O)c2ccc(C(C)(C)C)cc2)c1. The smallest absolute Gasteiger partial charge is 0.240 e. The Labute approximate surface area is 193 Å². The molecular formula is C25H37N3O3S. The molecule has 32 heavy (non-hydrogen) atoms. The molecule has 0 unspecified atom stereocenters. The van der Waals surface area contributed by atoms with Crippen LogP contribution in [0.1, 0.15) is 57.7 Å². The molecule has 0 atom stereocenters. The van der Waals surface area contributed by atoms with Gasteiger partial charge in [-0.3, -0.25) is 9.69 Å². The van der Waals surface area contributed by atoms with Crippen molar-refractivity contribution >= 4 is 15.9 Å². The maximum atomic E-state index is 12.5. The molecule has 0 aliphatic heterocycles. The van der Waals surface area contributed by atoms with Crippen LogP contribution in [0.15, 0.2) is 53.4 Å². The van der Waals surface area contributed by atoms with Gasteiger partial charge in [0.15, 0.2) is 0 Å². The number of carbonyl (C=O) groups excluding carboxylic acids is 1. The first-order chi connectivity index (χ1) is 15.0. The molecule has 0 aliphatic carbocycles. The van der Waals surface area contributed by atoms with Crippen molar-refractivity contribution in [2.45, 2.75) is 64.4 Å². The first kappa shape index (κ1) is 26.0. The minimum absolute atomic E-state index is 0.0429. The summed E-state index contributed by atoms with van der Waals surface area (Å²) in [7, 11) is -3.64. The lowest BCUT2D eigenvalue weighted by atomic mass is 9.87. The average Bonchev–Trinajstić information content (AvgIpc) is 2.75. The molecule has 0 aliphatic rings. The van der Waals surface area contributed by atoms with Crippen LogP contribution in [0.2, 0.25) is 0 Å². The summed E-state index contributed by atoms with van der Waals surface area (Å²) in [5, 5.41) is 2.87. The molecule has 0 saturated heterocycles. The van der Waals surface area contributed by atoms with Crippen molar-refractivity contribution in [2.24, 2.45) is 0 Å². The molecule has 1 amide bonds. The highest BCUT2D eigenvalue weighted by molar-refractivity contribution is 7.89. The van der Waals surface area contributed by atoms with Gasteiger partial charge in [-0.1, -0.05) is 71.0 Å². The van der Waals surface area contributed by atoms with E-state index in [4.69, 9.17) is 0 Å². The highest BCUT2D eigenvalue weighted by Crippen LogP contribution is 2.23. The standard InChI is InChI=1S/C25H37N3O3S/c1-6-28(7-2)19-21-10-8-9-20(17-21)18-26-24(29)15-16-27-32(30,31)23-13-11-22(12-14-23)25(3,4)5/h8-14,17,27H,6-7,15-16,18-19H2,1-5H3,(H,26,29). The van der Waals surface area contributed by atoms with E-state index < -0.39 is 10.0 Å². The van der Waals surface area contributed by atoms with Crippen molar-refractivity contribution in [3.8, 4) is 0 Å². The molecule has 2 aromatic rings. The molecule has 0 bridgehead atoms. The van der Waals surface area contributed by atoms with Gasteiger partial charge in [0.05, 0.1) is 4.90 Å². The predicted octanol–water partition coefficient (Wildman–Crippen LogP) is 3.81. The van der Waals surface area contributed by atoms with Gasteiger partial charge in [0.2, 0.25) is 15.9 Å². The lowest BCUT2D eigenvalue weighted by Gasteiger charge is -2.19. The third kappa shape index (κ3) is 8.04. The van der Waals surface area contributed by atoms with Crippen molar-refractivity contribution in [1.29, 1.82) is 0 Å². The molecule has 2 aromatic carbocycles. The second-order valence-electron chi connectivity index (χ2n) is 8.98. The average molecular weight is 460 g/mol. The fraction of sp³-hybridized carbons (Fsp3) is 0.480. The minimum atomic E-state index is -3.64. The molecular weight excluding hydrogens is 422 g/mol. The van der Waals surface area contributed by atoms with Crippen LogP contribution in [0.4, 0.5) is 0 Å². The summed E-state index contributed by atoms with van der Waals surface area (Å²) in [6.45, 7) is 13.9. The quantitative estimate of drug-likeness (QED) is 0.536. The Balaban J connectivity index is 1.82. The summed E-state index contributed by atoms with van der Waals surface area (Å²) in [5.74, 6) is -0.190. The molecule has 0 fully saturated rings. The van der Waals surface area contributed by atoms with Crippen LogP contribution in [0.5, 0.6) is 0 Å². The Morgan fingerprint density at radius 2 is 1.59 bits per heavy atom. The van der Waals surface area contributed by atoms with Crippen LogP contribution < -0.4 is 10.0 Å². The van der Waals surface area contributed by atoms with E-state index in [1.165, 1.54) is 5.56 Å². The van der Waals surface area contributed by atoms with Crippen LogP contribution in [-0.4, -0.2) is 38.9 Å². The Morgan fingerprint density at radius 1 is 0.969 bits per heavy atom. The fourth-order valence-electron chi connectivity index (χ4n) is 3.35. The van der Waals surface area contributed by atoms with Crippen LogP contribution in [0, 0.1) is 0 Å². The zero-order chi connectivity index (χ0) is 23.8. The Morgan fingerprint density at radius 3 is 2.19 bits per heavy atom. The highest BCUT2D eigenvalue weighted by Gasteiger charge is 2.17. The number of hydrogen-bond donors (Lipinski definition) is 2. The van der Waals surface area contributed by atoms with Gasteiger partial charge in [-0.25, -0.2) is 13.1 Å². The molecule has 6 nitrogen and oxygen atoms in total. The van der Waals surface area contributed by atoms with Crippen LogP contribution in [0.25, 0.3) is 0 Å². The number of benzene rings is 2. The van der Waals surface area contributed by atoms with Crippen molar-refractivity contribution in [1.82, 2.24) is 14.9 Å². The number of nitrogens with one attached hydrogen (secondary N) is 2. The van der Waals surface area contributed by atoms with Crippen molar-refractivity contribution in [3.05, 3.63) is 65.2 Å². The molecule has 176 valence electrons. The van der Waals surface area contributed by atoms with Gasteiger partial charge in [-0.2, -0.15) is 0 Å². The zero-order valence-electron chi connectivity index (χ0n) is 19.9. The lowest BCUT2D eigenvalue weighted by molar-refractivity contribution is -0.121. The topological polar surface area (TPSA) is 78.5 Å². The Kier molecular flexibility index (Phi) is 9.43. The van der Waals surface area contributed by atoms with Gasteiger partial charge in [0, 0.05) is 26.1 Å². The first-order valence-corrected chi connectivity index (χ1v) is 12.7. The Hall–Kier alpha value is -2.22. The number of amides is 1. The summed E-state index contributed by atoms with van der Waals surface area (Å²) < 4.78 is 27.5. The van der Waals surface area contributed by atoms with Crippen LogP contribution in [0.3, 0.4) is 0 Å². The van der Waals surface area contributed by atoms with Crippen LogP contribution in [-0.2, 0) is 33.3 Å². The fourth-order valence-corrected chi connectivity index (χ4v) is 4.38. The van der Waals surface area contributed by atoms with E-state index in [1.54, 1.807) is 12.1 Å². The van der Waals surface area contributed by atoms with E-state index in [0.29, 0.717) is 6.54 Å². The molecule has 0 saturated carbocycles. The molecule has 0 spiro atoms. The number of nitrogens with zero attached hydrogens (tertiary/aromatic N) is 1. The molecule has 2 rings (SSSR count). The van der Waals surface area contributed by atoms with E-state index in [-0.39, 0.29) is 29.2 Å². The number of sulfonamides is 1. The maximum Gasteiger partial charge on any atom is 0.240 e. The Bertz CT molecular complexity index is 976. The normalized spacial score (nSPS) is 12.2. The van der Waals surface area contributed by atoms with Gasteiger partial charge < -0.3 is 5.32 Å². The van der Waals surface area contributed by atoms with Gasteiger partial charge in [-0.15, -0.1) is 0 Å². The second kappa shape index (κ2) is 11.6. The first-order valence-electron chi connectivity index (χ1n) is 11.2. The molecule has 0 heterocycles. The second-order valence-corrected chi connectivity index (χ2v) is 10.7. The van der Waals surface area contributed by atoms with E-state index in [1.807, 2.05) is 24.3 Å². The summed E-state index contributed by atoms with van der Waals surface area (Å²) in [4.78, 5) is 14.7. The van der Waals surface area contributed by atoms with Gasteiger partial charge >= 0.3 is 0 Å². The molecule has 2 N–H and O–H groups in total. The lowest BCUT2D eigenvalue weighted by Crippen LogP contribution is -2.30.